The lowest BCUT2D eigenvalue weighted by atomic mass is 9.69. The quantitative estimate of drug-likeness (QED) is 0.127. The smallest absolute Gasteiger partial charge is 0.257 e. The molecule has 0 aromatic heterocycles. The van der Waals surface area contributed by atoms with Crippen molar-refractivity contribution in [3.05, 3.63) is 176 Å². The van der Waals surface area contributed by atoms with E-state index in [4.69, 9.17) is 25.5 Å². The number of rotatable bonds is 10. The number of nitrogens with zero attached hydrogens (tertiary/aromatic N) is 5. The van der Waals surface area contributed by atoms with E-state index in [9.17, 15) is 0 Å². The van der Waals surface area contributed by atoms with E-state index >= 15 is 0 Å². The SMILES string of the molecule is CN(C)Cc1ccc(C2(CN)CCCCC2)cc1.[C-]#[N+]C1(c2ccc(C)cc2)CCCCC1.[C-]#[N+]C1(c2ccc(CBr)cc2)CCCCC1.[C-]#[N+]C1(c2ccc(CN(C)C)cc2)CCCCC1. The van der Waals surface area contributed by atoms with E-state index in [-0.39, 0.29) is 22.0 Å². The van der Waals surface area contributed by atoms with Crippen molar-refractivity contribution in [3.8, 4) is 0 Å². The predicted molar refractivity (Wildman–Crippen MR) is 286 cm³/mol. The first-order valence-electron chi connectivity index (χ1n) is 25.5. The summed E-state index contributed by atoms with van der Waals surface area (Å²) in [5.41, 5.74) is 16.1. The van der Waals surface area contributed by atoms with Crippen LogP contribution in [0.1, 0.15) is 173 Å². The second-order valence-electron chi connectivity index (χ2n) is 20.7. The lowest BCUT2D eigenvalue weighted by molar-refractivity contribution is 0.300. The van der Waals surface area contributed by atoms with Gasteiger partial charge in [0.05, 0.1) is 0 Å². The Morgan fingerprint density at radius 2 is 0.716 bits per heavy atom. The van der Waals surface area contributed by atoms with Crippen LogP contribution >= 0.6 is 15.9 Å². The zero-order valence-corrected chi connectivity index (χ0v) is 43.5. The van der Waals surface area contributed by atoms with Crippen LogP contribution in [0.2, 0.25) is 0 Å². The van der Waals surface area contributed by atoms with Gasteiger partial charge in [0.1, 0.15) is 0 Å². The van der Waals surface area contributed by atoms with Crippen molar-refractivity contribution in [2.45, 2.75) is 176 Å². The van der Waals surface area contributed by atoms with Gasteiger partial charge in [0.25, 0.3) is 16.6 Å². The van der Waals surface area contributed by atoms with E-state index in [1.165, 1.54) is 134 Å². The number of benzene rings is 4. The highest BCUT2D eigenvalue weighted by Crippen LogP contribution is 2.43. The second-order valence-corrected chi connectivity index (χ2v) is 21.3. The van der Waals surface area contributed by atoms with Gasteiger partial charge in [-0.3, -0.25) is 0 Å². The fraction of sp³-hybridized carbons (Fsp3) is 0.550. The van der Waals surface area contributed by atoms with Crippen LogP contribution < -0.4 is 5.73 Å². The van der Waals surface area contributed by atoms with Crippen LogP contribution in [-0.4, -0.2) is 44.5 Å². The number of nitrogens with two attached hydrogens (primary N) is 1. The Bertz CT molecular complexity index is 2160. The van der Waals surface area contributed by atoms with Crippen molar-refractivity contribution < 1.29 is 0 Å². The highest BCUT2D eigenvalue weighted by Gasteiger charge is 2.42. The molecule has 0 aliphatic heterocycles. The lowest BCUT2D eigenvalue weighted by Crippen LogP contribution is -2.37. The molecule has 0 spiro atoms. The Morgan fingerprint density at radius 1 is 0.433 bits per heavy atom. The number of hydrogen-bond donors (Lipinski definition) is 1. The summed E-state index contributed by atoms with van der Waals surface area (Å²) in [4.78, 5) is 16.2. The number of hydrogen-bond acceptors (Lipinski definition) is 3. The van der Waals surface area contributed by atoms with Crippen LogP contribution in [0, 0.1) is 26.6 Å². The summed E-state index contributed by atoms with van der Waals surface area (Å²) in [5.74, 6) is 0. The second kappa shape index (κ2) is 26.5. The molecule has 6 nitrogen and oxygen atoms in total. The summed E-state index contributed by atoms with van der Waals surface area (Å²) in [6, 6.07) is 34.9. The van der Waals surface area contributed by atoms with Gasteiger partial charge in [0, 0.05) is 85.6 Å². The summed E-state index contributed by atoms with van der Waals surface area (Å²) in [6.07, 6.45) is 23.8. The fourth-order valence-corrected chi connectivity index (χ4v) is 11.4. The first-order chi connectivity index (χ1) is 32.4. The van der Waals surface area contributed by atoms with E-state index in [0.717, 1.165) is 63.5 Å². The molecule has 0 bridgehead atoms. The molecule has 0 heterocycles. The number of halogens is 1. The Balaban J connectivity index is 0.000000168. The van der Waals surface area contributed by atoms with E-state index in [1.807, 2.05) is 0 Å². The van der Waals surface area contributed by atoms with E-state index in [0.29, 0.717) is 0 Å². The molecule has 0 saturated heterocycles. The first kappa shape index (κ1) is 53.7. The molecule has 4 aliphatic carbocycles. The van der Waals surface area contributed by atoms with Gasteiger partial charge >= 0.3 is 0 Å². The van der Waals surface area contributed by atoms with Crippen molar-refractivity contribution in [2.24, 2.45) is 5.73 Å². The molecule has 0 amide bonds. The molecule has 4 aromatic carbocycles. The maximum atomic E-state index is 7.57. The standard InChI is InChI=1S/C16H22N2.C16H26N2.C14H16BrN.C14H17N/c1-17-16(11-5-4-6-12-16)15-9-7-14(8-10-15)13-18(2)3;1-18(2)12-14-6-8-15(9-7-14)16(13-17)10-4-3-5-11-16;1-16-14(9-3-2-4-10-14)13-7-5-12(11-15)6-8-13;1-12-6-8-13(9-7-12)14(15-2)10-4-3-5-11-14/h7-10H,4-6,11-13H2,2-3H3;6-9H,3-5,10-13,17H2,1-2H3;5-8H,2-4,9-11H2;6-9H,3-5,10-11H2,1H3. The monoisotopic (exact) mass is 965 g/mol. The molecule has 0 atom stereocenters. The molecular weight excluding hydrogens is 885 g/mol. The van der Waals surface area contributed by atoms with Gasteiger partial charge < -0.3 is 30.1 Å². The Morgan fingerprint density at radius 3 is 1.00 bits per heavy atom. The third kappa shape index (κ3) is 14.9. The zero-order chi connectivity index (χ0) is 48.2. The predicted octanol–water partition coefficient (Wildman–Crippen LogP) is 15.5. The van der Waals surface area contributed by atoms with E-state index in [1.54, 1.807) is 0 Å². The lowest BCUT2D eigenvalue weighted by Gasteiger charge is -2.37. The normalized spacial score (nSPS) is 19.0. The molecule has 67 heavy (non-hydrogen) atoms. The molecular formula is C60H81BrN6. The van der Waals surface area contributed by atoms with Gasteiger partial charge in [0.2, 0.25) is 0 Å². The van der Waals surface area contributed by atoms with Crippen molar-refractivity contribution in [1.29, 1.82) is 0 Å². The molecule has 4 saturated carbocycles. The van der Waals surface area contributed by atoms with Gasteiger partial charge in [-0.2, -0.15) is 0 Å². The molecule has 4 aliphatic rings. The minimum absolute atomic E-state index is 0.202. The average molecular weight is 966 g/mol. The highest BCUT2D eigenvalue weighted by molar-refractivity contribution is 9.08. The number of aryl methyl sites for hydroxylation is 1. The maximum Gasteiger partial charge on any atom is 0.257 e. The minimum Gasteiger partial charge on any atom is -0.330 e. The van der Waals surface area contributed by atoms with Crippen molar-refractivity contribution in [1.82, 2.24) is 9.80 Å². The largest absolute Gasteiger partial charge is 0.330 e. The zero-order valence-electron chi connectivity index (χ0n) is 41.9. The Labute approximate surface area is 415 Å². The van der Waals surface area contributed by atoms with Gasteiger partial charge in [-0.15, -0.1) is 0 Å². The molecule has 8 rings (SSSR count). The van der Waals surface area contributed by atoms with Crippen molar-refractivity contribution >= 4 is 15.9 Å². The van der Waals surface area contributed by atoms with Crippen LogP contribution in [0.15, 0.2) is 97.1 Å². The van der Waals surface area contributed by atoms with Crippen LogP contribution in [0.3, 0.4) is 0 Å². The van der Waals surface area contributed by atoms with Gasteiger partial charge in [-0.25, -0.2) is 19.7 Å². The summed E-state index contributed by atoms with van der Waals surface area (Å²) in [7, 11) is 8.37. The summed E-state index contributed by atoms with van der Waals surface area (Å²) in [5, 5.41) is 0.887. The first-order valence-corrected chi connectivity index (χ1v) is 26.6. The Kier molecular flexibility index (Phi) is 21.2. The molecule has 358 valence electrons. The summed E-state index contributed by atoms with van der Waals surface area (Å²) < 4.78 is 0. The summed E-state index contributed by atoms with van der Waals surface area (Å²) in [6.45, 7) is 27.4. The molecule has 0 unspecified atom stereocenters. The Hall–Kier alpha value is -4.29. The van der Waals surface area contributed by atoms with Crippen LogP contribution in [0.4, 0.5) is 0 Å². The minimum atomic E-state index is -0.227. The van der Waals surface area contributed by atoms with Crippen molar-refractivity contribution in [2.75, 3.05) is 34.7 Å². The highest BCUT2D eigenvalue weighted by atomic mass is 79.9. The topological polar surface area (TPSA) is 45.6 Å². The van der Waals surface area contributed by atoms with Gasteiger partial charge in [-0.1, -0.05) is 157 Å². The maximum absolute atomic E-state index is 7.57. The molecule has 4 aromatic rings. The van der Waals surface area contributed by atoms with Crippen LogP contribution in [-0.2, 0) is 40.5 Å². The fourth-order valence-electron chi connectivity index (χ4n) is 11.0. The third-order valence-corrected chi connectivity index (χ3v) is 15.8. The molecule has 7 heteroatoms. The summed E-state index contributed by atoms with van der Waals surface area (Å²) >= 11 is 3.45. The third-order valence-electron chi connectivity index (χ3n) is 15.2. The molecule has 0 radical (unpaired) electrons. The van der Waals surface area contributed by atoms with Gasteiger partial charge in [-0.05, 0) is 109 Å². The van der Waals surface area contributed by atoms with Crippen LogP contribution in [0.5, 0.6) is 0 Å². The van der Waals surface area contributed by atoms with Gasteiger partial charge in [0.15, 0.2) is 0 Å². The van der Waals surface area contributed by atoms with E-state index < -0.39 is 0 Å². The van der Waals surface area contributed by atoms with Crippen molar-refractivity contribution in [3.63, 3.8) is 0 Å². The van der Waals surface area contributed by atoms with E-state index in [2.05, 4.69) is 172 Å². The van der Waals surface area contributed by atoms with Crippen LogP contribution in [0.25, 0.3) is 14.5 Å². The number of alkyl halides is 1. The average Bonchev–Trinajstić information content (AvgIpc) is 3.38. The molecule has 2 N–H and O–H groups in total. The molecule has 4 fully saturated rings.